The van der Waals surface area contributed by atoms with Gasteiger partial charge in [0.15, 0.2) is 5.78 Å². The highest BCUT2D eigenvalue weighted by atomic mass is 16.5. The highest BCUT2D eigenvalue weighted by molar-refractivity contribution is 6.23. The Hall–Kier alpha value is -3.07. The van der Waals surface area contributed by atoms with E-state index in [1.54, 1.807) is 7.11 Å². The summed E-state index contributed by atoms with van der Waals surface area (Å²) in [6.07, 6.45) is 3.48. The SMILES string of the molecule is CCCCCn1c(C)c(C(=O)c2c(OC)ccc3ccccc23)c2ccccc21. The number of nitrogens with zero attached hydrogens (tertiary/aromatic N) is 1. The number of carbonyl (C=O) groups is 1. The van der Waals surface area contributed by atoms with Crippen LogP contribution >= 0.6 is 0 Å². The largest absolute Gasteiger partial charge is 0.496 e. The molecule has 0 unspecified atom stereocenters. The lowest BCUT2D eigenvalue weighted by molar-refractivity contribution is 0.103. The van der Waals surface area contributed by atoms with Gasteiger partial charge in [0, 0.05) is 23.1 Å². The molecule has 0 radical (unpaired) electrons. The maximum absolute atomic E-state index is 13.9. The first-order valence-electron chi connectivity index (χ1n) is 10.4. The topological polar surface area (TPSA) is 31.2 Å². The van der Waals surface area contributed by atoms with E-state index in [9.17, 15) is 4.79 Å². The van der Waals surface area contributed by atoms with Gasteiger partial charge in [0.2, 0.25) is 0 Å². The molecule has 29 heavy (non-hydrogen) atoms. The van der Waals surface area contributed by atoms with Crippen LogP contribution in [-0.2, 0) is 6.54 Å². The average molecular weight is 386 g/mol. The molecule has 4 rings (SSSR count). The van der Waals surface area contributed by atoms with Gasteiger partial charge in [0.05, 0.1) is 18.2 Å². The lowest BCUT2D eigenvalue weighted by Gasteiger charge is -2.12. The van der Waals surface area contributed by atoms with Gasteiger partial charge >= 0.3 is 0 Å². The number of para-hydroxylation sites is 1. The number of aryl methyl sites for hydroxylation is 1. The van der Waals surface area contributed by atoms with Gasteiger partial charge in [-0.1, -0.05) is 68.3 Å². The summed E-state index contributed by atoms with van der Waals surface area (Å²) < 4.78 is 7.91. The third kappa shape index (κ3) is 3.31. The minimum absolute atomic E-state index is 0.0293. The van der Waals surface area contributed by atoms with E-state index in [1.807, 2.05) is 48.5 Å². The highest BCUT2D eigenvalue weighted by Crippen LogP contribution is 2.34. The van der Waals surface area contributed by atoms with Crippen molar-refractivity contribution in [2.75, 3.05) is 7.11 Å². The fraction of sp³-hybridized carbons (Fsp3) is 0.269. The van der Waals surface area contributed by atoms with Gasteiger partial charge in [-0.2, -0.15) is 0 Å². The molecule has 1 heterocycles. The summed E-state index contributed by atoms with van der Waals surface area (Å²) >= 11 is 0. The molecule has 3 aromatic carbocycles. The summed E-state index contributed by atoms with van der Waals surface area (Å²) in [7, 11) is 1.63. The van der Waals surface area contributed by atoms with Crippen LogP contribution in [-0.4, -0.2) is 17.5 Å². The van der Waals surface area contributed by atoms with Crippen molar-refractivity contribution in [2.24, 2.45) is 0 Å². The van der Waals surface area contributed by atoms with Crippen LogP contribution in [0.15, 0.2) is 60.7 Å². The van der Waals surface area contributed by atoms with Crippen molar-refractivity contribution in [3.8, 4) is 5.75 Å². The number of rotatable bonds is 7. The molecule has 0 atom stereocenters. The van der Waals surface area contributed by atoms with Gasteiger partial charge in [-0.05, 0) is 36.2 Å². The fourth-order valence-electron chi connectivity index (χ4n) is 4.31. The van der Waals surface area contributed by atoms with Crippen LogP contribution in [0.5, 0.6) is 5.75 Å². The number of hydrogen-bond donors (Lipinski definition) is 0. The van der Waals surface area contributed by atoms with Gasteiger partial charge in [0.1, 0.15) is 5.75 Å². The molecular formula is C26H27NO2. The molecule has 148 valence electrons. The summed E-state index contributed by atoms with van der Waals surface area (Å²) in [6.45, 7) is 5.21. The van der Waals surface area contributed by atoms with E-state index in [-0.39, 0.29) is 5.78 Å². The van der Waals surface area contributed by atoms with Gasteiger partial charge in [-0.3, -0.25) is 4.79 Å². The van der Waals surface area contributed by atoms with Crippen molar-refractivity contribution >= 4 is 27.5 Å². The molecule has 3 nitrogen and oxygen atoms in total. The minimum atomic E-state index is 0.0293. The number of ether oxygens (including phenoxy) is 1. The molecule has 3 heteroatoms. The van der Waals surface area contributed by atoms with E-state index in [4.69, 9.17) is 4.74 Å². The number of methoxy groups -OCH3 is 1. The zero-order valence-electron chi connectivity index (χ0n) is 17.4. The van der Waals surface area contributed by atoms with Crippen molar-refractivity contribution in [3.05, 3.63) is 77.5 Å². The van der Waals surface area contributed by atoms with E-state index in [1.165, 1.54) is 12.8 Å². The molecule has 0 saturated heterocycles. The molecular weight excluding hydrogens is 358 g/mol. The lowest BCUT2D eigenvalue weighted by Crippen LogP contribution is -2.08. The number of hydrogen-bond acceptors (Lipinski definition) is 2. The second-order valence-electron chi connectivity index (χ2n) is 7.53. The normalized spacial score (nSPS) is 11.3. The third-order valence-corrected chi connectivity index (χ3v) is 5.78. The molecule has 0 aliphatic carbocycles. The van der Waals surface area contributed by atoms with Crippen LogP contribution in [0.25, 0.3) is 21.7 Å². The monoisotopic (exact) mass is 385 g/mol. The Bertz CT molecular complexity index is 1190. The molecule has 0 aliphatic heterocycles. The van der Waals surface area contributed by atoms with Gasteiger partial charge in [-0.25, -0.2) is 0 Å². The molecule has 0 amide bonds. The van der Waals surface area contributed by atoms with Crippen LogP contribution in [0.1, 0.15) is 47.8 Å². The highest BCUT2D eigenvalue weighted by Gasteiger charge is 2.24. The molecule has 0 saturated carbocycles. The van der Waals surface area contributed by atoms with Crippen molar-refractivity contribution in [3.63, 3.8) is 0 Å². The number of ketones is 1. The average Bonchev–Trinajstić information content (AvgIpc) is 3.04. The molecule has 0 bridgehead atoms. The summed E-state index contributed by atoms with van der Waals surface area (Å²) in [5, 5.41) is 2.99. The Balaban J connectivity index is 1.93. The first-order valence-corrected chi connectivity index (χ1v) is 10.4. The smallest absolute Gasteiger partial charge is 0.199 e. The first kappa shape index (κ1) is 19.3. The van der Waals surface area contributed by atoms with E-state index >= 15 is 0 Å². The maximum Gasteiger partial charge on any atom is 0.199 e. The first-order chi connectivity index (χ1) is 14.2. The van der Waals surface area contributed by atoms with Crippen LogP contribution in [0.4, 0.5) is 0 Å². The van der Waals surface area contributed by atoms with Crippen LogP contribution < -0.4 is 4.74 Å². The minimum Gasteiger partial charge on any atom is -0.496 e. The van der Waals surface area contributed by atoms with E-state index in [0.29, 0.717) is 11.3 Å². The molecule has 0 aliphatic rings. The Labute approximate surface area is 171 Å². The summed E-state index contributed by atoms with van der Waals surface area (Å²) in [6, 6.07) is 20.1. The summed E-state index contributed by atoms with van der Waals surface area (Å²) in [4.78, 5) is 13.9. The second-order valence-corrected chi connectivity index (χ2v) is 7.53. The van der Waals surface area contributed by atoms with E-state index in [0.717, 1.165) is 45.9 Å². The van der Waals surface area contributed by atoms with E-state index in [2.05, 4.69) is 30.5 Å². The second kappa shape index (κ2) is 8.12. The zero-order chi connectivity index (χ0) is 20.4. The van der Waals surface area contributed by atoms with Crippen molar-refractivity contribution in [2.45, 2.75) is 39.7 Å². The van der Waals surface area contributed by atoms with Crippen molar-refractivity contribution in [1.29, 1.82) is 0 Å². The van der Waals surface area contributed by atoms with Crippen LogP contribution in [0.2, 0.25) is 0 Å². The number of fused-ring (bicyclic) bond motifs is 2. The molecule has 0 N–H and O–H groups in total. The molecule has 0 spiro atoms. The summed E-state index contributed by atoms with van der Waals surface area (Å²) in [5.41, 5.74) is 3.59. The molecule has 1 aromatic heterocycles. The predicted molar refractivity (Wildman–Crippen MR) is 120 cm³/mol. The fourth-order valence-corrected chi connectivity index (χ4v) is 4.31. The lowest BCUT2D eigenvalue weighted by atomic mass is 9.94. The van der Waals surface area contributed by atoms with Crippen LogP contribution in [0, 0.1) is 6.92 Å². The Morgan fingerprint density at radius 2 is 1.62 bits per heavy atom. The quantitative estimate of drug-likeness (QED) is 0.267. The van der Waals surface area contributed by atoms with Gasteiger partial charge in [0.25, 0.3) is 0 Å². The van der Waals surface area contributed by atoms with Gasteiger partial charge in [-0.15, -0.1) is 0 Å². The summed E-state index contributed by atoms with van der Waals surface area (Å²) in [5.74, 6) is 0.650. The predicted octanol–water partition coefficient (Wildman–Crippen LogP) is 6.53. The molecule has 0 fully saturated rings. The Morgan fingerprint density at radius 1 is 0.897 bits per heavy atom. The number of unbranched alkanes of at least 4 members (excludes halogenated alkanes) is 2. The van der Waals surface area contributed by atoms with Gasteiger partial charge < -0.3 is 9.30 Å². The number of aromatic nitrogens is 1. The third-order valence-electron chi connectivity index (χ3n) is 5.78. The van der Waals surface area contributed by atoms with Crippen molar-refractivity contribution < 1.29 is 9.53 Å². The Morgan fingerprint density at radius 3 is 2.38 bits per heavy atom. The van der Waals surface area contributed by atoms with E-state index < -0.39 is 0 Å². The zero-order valence-corrected chi connectivity index (χ0v) is 17.4. The standard InChI is InChI=1S/C26H27NO2/c1-4-5-10-17-27-18(2)24(21-13-8-9-14-22(21)27)26(28)25-20-12-7-6-11-19(20)15-16-23(25)29-3/h6-9,11-16H,4-5,10,17H2,1-3H3. The maximum atomic E-state index is 13.9. The number of carbonyl (C=O) groups excluding carboxylic acids is 1. The molecule has 4 aromatic rings. The Kier molecular flexibility index (Phi) is 5.39. The van der Waals surface area contributed by atoms with Crippen molar-refractivity contribution in [1.82, 2.24) is 4.57 Å². The number of benzene rings is 3. The van der Waals surface area contributed by atoms with Crippen LogP contribution in [0.3, 0.4) is 0 Å².